The van der Waals surface area contributed by atoms with Crippen LogP contribution >= 0.6 is 9.47 Å². The number of hydrogen-bond donors (Lipinski definition) is 0. The summed E-state index contributed by atoms with van der Waals surface area (Å²) in [6, 6.07) is 0. The molecule has 0 N–H and O–H groups in total. The van der Waals surface area contributed by atoms with Gasteiger partial charge in [0.15, 0.2) is 0 Å². The largest absolute Gasteiger partial charge is 0.365 e. The maximum atomic E-state index is 4.94. The molecule has 2 heteroatoms. The average Bonchev–Trinajstić information content (AvgIpc) is 2.19. The molecule has 0 saturated heterocycles. The van der Waals surface area contributed by atoms with Gasteiger partial charge in [0.2, 0.25) is 0 Å². The highest BCUT2D eigenvalue weighted by Crippen LogP contribution is 2.24. The van der Waals surface area contributed by atoms with Gasteiger partial charge in [-0.05, 0) is 18.8 Å². The van der Waals surface area contributed by atoms with Crippen LogP contribution in [0.3, 0.4) is 0 Å². The molecule has 1 nitrogen and oxygen atoms in total. The molecule has 0 spiro atoms. The maximum absolute atomic E-state index is 4.94. The smallest absolute Gasteiger partial charge is 0.0530 e. The Kier molecular flexibility index (Phi) is 2.78. The summed E-state index contributed by atoms with van der Waals surface area (Å²) < 4.78 is 4.94. The van der Waals surface area contributed by atoms with E-state index in [1.807, 2.05) is 0 Å². The van der Waals surface area contributed by atoms with Gasteiger partial charge in [-0.3, -0.25) is 0 Å². The first-order chi connectivity index (χ1) is 3.93. The van der Waals surface area contributed by atoms with E-state index in [2.05, 4.69) is 9.47 Å². The highest BCUT2D eigenvalue weighted by Gasteiger charge is 2.13. The van der Waals surface area contributed by atoms with Gasteiger partial charge >= 0.3 is 0 Å². The second-order valence-corrected chi connectivity index (χ2v) is 2.82. The van der Waals surface area contributed by atoms with Crippen molar-refractivity contribution in [3.63, 3.8) is 0 Å². The van der Waals surface area contributed by atoms with Crippen molar-refractivity contribution in [3.8, 4) is 0 Å². The molecule has 1 fully saturated rings. The average molecular weight is 132 g/mol. The molecule has 0 aromatic carbocycles. The van der Waals surface area contributed by atoms with Gasteiger partial charge in [-0.1, -0.05) is 12.8 Å². The minimum absolute atomic E-state index is 0.868. The van der Waals surface area contributed by atoms with Crippen molar-refractivity contribution in [3.05, 3.63) is 0 Å². The van der Waals surface area contributed by atoms with Gasteiger partial charge in [-0.15, -0.1) is 0 Å². The standard InChI is InChI=1S/C6H13OP/c8-7-5-6-3-1-2-4-6/h6H,1-5,8H2. The van der Waals surface area contributed by atoms with Crippen molar-refractivity contribution in [1.82, 2.24) is 0 Å². The van der Waals surface area contributed by atoms with Gasteiger partial charge in [0, 0.05) is 9.47 Å². The van der Waals surface area contributed by atoms with Crippen LogP contribution < -0.4 is 0 Å². The minimum atomic E-state index is 0.868. The third kappa shape index (κ3) is 1.72. The highest BCUT2D eigenvalue weighted by atomic mass is 31.0. The van der Waals surface area contributed by atoms with Crippen LogP contribution in [-0.4, -0.2) is 6.61 Å². The quantitative estimate of drug-likeness (QED) is 0.522. The van der Waals surface area contributed by atoms with Crippen molar-refractivity contribution in [1.29, 1.82) is 0 Å². The Labute approximate surface area is 53.1 Å². The van der Waals surface area contributed by atoms with Gasteiger partial charge in [0.25, 0.3) is 0 Å². The molecule has 0 heterocycles. The first kappa shape index (κ1) is 6.51. The predicted octanol–water partition coefficient (Wildman–Crippen LogP) is 1.98. The molecule has 0 aliphatic heterocycles. The fraction of sp³-hybridized carbons (Fsp3) is 1.00. The van der Waals surface area contributed by atoms with E-state index in [-0.39, 0.29) is 0 Å². The van der Waals surface area contributed by atoms with Crippen LogP contribution in [0.5, 0.6) is 0 Å². The van der Waals surface area contributed by atoms with Gasteiger partial charge < -0.3 is 4.52 Å². The molecule has 0 amide bonds. The lowest BCUT2D eigenvalue weighted by Crippen LogP contribution is -1.98. The summed E-state index contributed by atoms with van der Waals surface area (Å²) in [7, 11) is 2.31. The van der Waals surface area contributed by atoms with E-state index < -0.39 is 0 Å². The zero-order valence-electron chi connectivity index (χ0n) is 5.10. The van der Waals surface area contributed by atoms with Crippen molar-refractivity contribution < 1.29 is 4.52 Å². The van der Waals surface area contributed by atoms with E-state index in [0.717, 1.165) is 12.5 Å². The maximum Gasteiger partial charge on any atom is 0.0530 e. The monoisotopic (exact) mass is 132 g/mol. The molecule has 0 bridgehead atoms. The van der Waals surface area contributed by atoms with E-state index in [9.17, 15) is 0 Å². The van der Waals surface area contributed by atoms with Crippen LogP contribution in [0, 0.1) is 5.92 Å². The molecule has 1 rings (SSSR count). The van der Waals surface area contributed by atoms with Gasteiger partial charge in [0.1, 0.15) is 0 Å². The SMILES string of the molecule is POCC1CCCC1. The zero-order chi connectivity index (χ0) is 5.82. The molecular formula is C6H13OP. The molecule has 0 radical (unpaired) electrons. The predicted molar refractivity (Wildman–Crippen MR) is 37.6 cm³/mol. The van der Waals surface area contributed by atoms with Gasteiger partial charge in [0.05, 0.1) is 6.61 Å². The molecule has 1 unspecified atom stereocenters. The van der Waals surface area contributed by atoms with Crippen molar-refractivity contribution in [2.24, 2.45) is 5.92 Å². The van der Waals surface area contributed by atoms with Crippen LogP contribution in [0.15, 0.2) is 0 Å². The molecule has 0 aromatic heterocycles. The Bertz CT molecular complexity index is 59.5. The van der Waals surface area contributed by atoms with Crippen LogP contribution in [0.4, 0.5) is 0 Å². The zero-order valence-corrected chi connectivity index (χ0v) is 6.25. The lowest BCUT2D eigenvalue weighted by molar-refractivity contribution is 0.289. The molecule has 48 valence electrons. The van der Waals surface area contributed by atoms with Gasteiger partial charge in [-0.25, -0.2) is 0 Å². The topological polar surface area (TPSA) is 9.23 Å². The lowest BCUT2D eigenvalue weighted by Gasteiger charge is -2.03. The van der Waals surface area contributed by atoms with E-state index in [1.54, 1.807) is 0 Å². The Morgan fingerprint density at radius 1 is 1.38 bits per heavy atom. The molecule has 1 atom stereocenters. The number of rotatable bonds is 2. The van der Waals surface area contributed by atoms with Crippen LogP contribution in [0.2, 0.25) is 0 Å². The van der Waals surface area contributed by atoms with Crippen LogP contribution in [0.1, 0.15) is 25.7 Å². The summed E-state index contributed by atoms with van der Waals surface area (Å²) in [4.78, 5) is 0. The Hall–Kier alpha value is 0.390. The molecule has 1 saturated carbocycles. The van der Waals surface area contributed by atoms with Gasteiger partial charge in [-0.2, -0.15) is 0 Å². The summed E-state index contributed by atoms with van der Waals surface area (Å²) in [5.74, 6) is 0.868. The summed E-state index contributed by atoms with van der Waals surface area (Å²) in [6.07, 6.45) is 5.60. The minimum Gasteiger partial charge on any atom is -0.365 e. The van der Waals surface area contributed by atoms with Crippen molar-refractivity contribution >= 4 is 9.47 Å². The summed E-state index contributed by atoms with van der Waals surface area (Å²) in [5, 5.41) is 0. The normalized spacial score (nSPS) is 22.1. The van der Waals surface area contributed by atoms with Crippen molar-refractivity contribution in [2.75, 3.05) is 6.61 Å². The first-order valence-electron chi connectivity index (χ1n) is 3.25. The first-order valence-corrected chi connectivity index (χ1v) is 3.72. The third-order valence-corrected chi connectivity index (χ3v) is 2.00. The van der Waals surface area contributed by atoms with Crippen molar-refractivity contribution in [2.45, 2.75) is 25.7 Å². The molecule has 0 aromatic rings. The fourth-order valence-corrected chi connectivity index (χ4v) is 1.59. The van der Waals surface area contributed by atoms with E-state index in [4.69, 9.17) is 4.52 Å². The van der Waals surface area contributed by atoms with Crippen LogP contribution in [0.25, 0.3) is 0 Å². The Balaban J connectivity index is 2.06. The third-order valence-electron chi connectivity index (χ3n) is 1.81. The molecular weight excluding hydrogens is 119 g/mol. The Morgan fingerprint density at radius 3 is 2.50 bits per heavy atom. The fourth-order valence-electron chi connectivity index (χ4n) is 1.31. The second-order valence-electron chi connectivity index (χ2n) is 2.48. The summed E-state index contributed by atoms with van der Waals surface area (Å²) in [6.45, 7) is 0.949. The lowest BCUT2D eigenvalue weighted by atomic mass is 10.1. The summed E-state index contributed by atoms with van der Waals surface area (Å²) in [5.41, 5.74) is 0. The van der Waals surface area contributed by atoms with E-state index in [0.29, 0.717) is 0 Å². The highest BCUT2D eigenvalue weighted by molar-refractivity contribution is 7.09. The number of hydrogen-bond acceptors (Lipinski definition) is 1. The molecule has 1 aliphatic carbocycles. The summed E-state index contributed by atoms with van der Waals surface area (Å²) >= 11 is 0. The van der Waals surface area contributed by atoms with E-state index >= 15 is 0 Å². The van der Waals surface area contributed by atoms with E-state index in [1.165, 1.54) is 25.7 Å². The molecule has 8 heavy (non-hydrogen) atoms. The second kappa shape index (κ2) is 3.42. The molecule has 1 aliphatic rings. The Morgan fingerprint density at radius 2 is 2.00 bits per heavy atom. The van der Waals surface area contributed by atoms with Crippen LogP contribution in [-0.2, 0) is 4.52 Å².